The van der Waals surface area contributed by atoms with Crippen molar-refractivity contribution in [3.8, 4) is 5.75 Å². The Kier molecular flexibility index (Phi) is 7.91. The van der Waals surface area contributed by atoms with Crippen molar-refractivity contribution < 1.29 is 42.2 Å². The summed E-state index contributed by atoms with van der Waals surface area (Å²) in [5.41, 5.74) is 2.66. The molecular formula is C22H21F3N4O6. The monoisotopic (exact) mass is 494 g/mol. The number of carbonyl (C=O) groups is 4. The lowest BCUT2D eigenvalue weighted by molar-refractivity contribution is -0.192. The van der Waals surface area contributed by atoms with E-state index in [1.807, 2.05) is 18.2 Å². The number of anilines is 2. The fourth-order valence-electron chi connectivity index (χ4n) is 3.20. The molecule has 2 aliphatic rings. The van der Waals surface area contributed by atoms with Crippen molar-refractivity contribution in [1.82, 2.24) is 10.6 Å². The molecular weight excluding hydrogens is 473 g/mol. The highest BCUT2D eigenvalue weighted by atomic mass is 19.4. The Balaban J connectivity index is 0.000000429. The molecule has 1 saturated heterocycles. The third kappa shape index (κ3) is 6.93. The first-order valence-corrected chi connectivity index (χ1v) is 10.3. The van der Waals surface area contributed by atoms with E-state index in [4.69, 9.17) is 14.6 Å². The van der Waals surface area contributed by atoms with Crippen LogP contribution in [-0.4, -0.2) is 54.8 Å². The summed E-state index contributed by atoms with van der Waals surface area (Å²) in [4.78, 5) is 46.4. The first kappa shape index (κ1) is 25.5. The van der Waals surface area contributed by atoms with Crippen LogP contribution in [0.1, 0.15) is 22.3 Å². The number of ether oxygens (including phenoxy) is 1. The normalized spacial score (nSPS) is 15.5. The second-order valence-corrected chi connectivity index (χ2v) is 7.41. The van der Waals surface area contributed by atoms with Gasteiger partial charge < -0.3 is 20.5 Å². The molecule has 0 unspecified atom stereocenters. The highest BCUT2D eigenvalue weighted by Gasteiger charge is 2.38. The van der Waals surface area contributed by atoms with Gasteiger partial charge in [-0.25, -0.2) is 9.59 Å². The zero-order valence-corrected chi connectivity index (χ0v) is 18.1. The Bertz CT molecular complexity index is 1140. The molecule has 0 atom stereocenters. The number of carbonyl (C=O) groups excluding carboxylic acids is 3. The summed E-state index contributed by atoms with van der Waals surface area (Å²) >= 11 is 0. The number of urea groups is 1. The minimum atomic E-state index is -5.08. The molecule has 4 N–H and O–H groups in total. The van der Waals surface area contributed by atoms with E-state index in [1.54, 1.807) is 24.3 Å². The molecule has 0 aliphatic carbocycles. The quantitative estimate of drug-likeness (QED) is 0.515. The largest absolute Gasteiger partial charge is 0.492 e. The Morgan fingerprint density at radius 3 is 2.54 bits per heavy atom. The summed E-state index contributed by atoms with van der Waals surface area (Å²) in [5.74, 6) is -2.59. The average Bonchev–Trinajstić information content (AvgIpc) is 3.04. The van der Waals surface area contributed by atoms with Gasteiger partial charge in [-0.1, -0.05) is 12.1 Å². The van der Waals surface area contributed by atoms with Crippen molar-refractivity contribution in [1.29, 1.82) is 0 Å². The molecule has 35 heavy (non-hydrogen) atoms. The minimum Gasteiger partial charge on any atom is -0.492 e. The van der Waals surface area contributed by atoms with Crippen molar-refractivity contribution in [2.45, 2.75) is 19.1 Å². The molecule has 186 valence electrons. The Morgan fingerprint density at radius 2 is 1.86 bits per heavy atom. The average molecular weight is 494 g/mol. The predicted octanol–water partition coefficient (Wildman–Crippen LogP) is 2.50. The van der Waals surface area contributed by atoms with Gasteiger partial charge >= 0.3 is 18.2 Å². The van der Waals surface area contributed by atoms with Crippen LogP contribution in [0.25, 0.3) is 0 Å². The van der Waals surface area contributed by atoms with Crippen LogP contribution in [0.5, 0.6) is 5.75 Å². The van der Waals surface area contributed by atoms with Gasteiger partial charge in [0.15, 0.2) is 0 Å². The Morgan fingerprint density at radius 1 is 1.11 bits per heavy atom. The van der Waals surface area contributed by atoms with Gasteiger partial charge in [-0.15, -0.1) is 0 Å². The fraction of sp³-hybridized carbons (Fsp3) is 0.273. The van der Waals surface area contributed by atoms with Crippen LogP contribution in [-0.2, 0) is 16.1 Å². The maximum absolute atomic E-state index is 12.7. The molecule has 1 fully saturated rings. The van der Waals surface area contributed by atoms with Crippen LogP contribution in [0, 0.1) is 0 Å². The number of aliphatic carboxylic acids is 1. The molecule has 2 heterocycles. The molecule has 0 saturated carbocycles. The van der Waals surface area contributed by atoms with E-state index in [0.717, 1.165) is 24.4 Å². The zero-order chi connectivity index (χ0) is 25.6. The van der Waals surface area contributed by atoms with Crippen molar-refractivity contribution >= 4 is 35.2 Å². The highest BCUT2D eigenvalue weighted by Crippen LogP contribution is 2.26. The van der Waals surface area contributed by atoms with Crippen molar-refractivity contribution in [2.24, 2.45) is 0 Å². The minimum absolute atomic E-state index is 0.228. The van der Waals surface area contributed by atoms with E-state index in [-0.39, 0.29) is 24.8 Å². The topological polar surface area (TPSA) is 137 Å². The lowest BCUT2D eigenvalue weighted by atomic mass is 10.1. The number of fused-ring (bicyclic) bond motifs is 1. The number of carboxylic acids is 1. The number of hydrogen-bond acceptors (Lipinski definition) is 6. The molecule has 10 nitrogen and oxygen atoms in total. The van der Waals surface area contributed by atoms with Crippen LogP contribution in [0.2, 0.25) is 0 Å². The maximum atomic E-state index is 12.7. The molecule has 2 aromatic carbocycles. The van der Waals surface area contributed by atoms with E-state index in [0.29, 0.717) is 23.5 Å². The number of carboxylic acid groups (broad SMARTS) is 1. The molecule has 0 spiro atoms. The number of hydrogen-bond donors (Lipinski definition) is 4. The van der Waals surface area contributed by atoms with E-state index >= 15 is 0 Å². The molecule has 0 aromatic heterocycles. The van der Waals surface area contributed by atoms with Gasteiger partial charge in [0.1, 0.15) is 12.4 Å². The van der Waals surface area contributed by atoms with Crippen LogP contribution < -0.4 is 25.6 Å². The first-order valence-electron chi connectivity index (χ1n) is 10.3. The number of imide groups is 1. The van der Waals surface area contributed by atoms with Crippen LogP contribution >= 0.6 is 0 Å². The SMILES string of the molecule is O=C(O)C(F)(F)F.O=C1CCN(c2cccc(C(=O)Nc3ccc4c(c3)OCCNC4)c2)C(=O)N1. The number of nitrogens with one attached hydrogen (secondary N) is 3. The molecule has 2 aromatic rings. The third-order valence-electron chi connectivity index (χ3n) is 4.89. The van der Waals surface area contributed by atoms with Crippen LogP contribution in [0.15, 0.2) is 42.5 Å². The number of amides is 4. The lowest BCUT2D eigenvalue weighted by Crippen LogP contribution is -2.49. The van der Waals surface area contributed by atoms with Crippen LogP contribution in [0.4, 0.5) is 29.3 Å². The van der Waals surface area contributed by atoms with Crippen molar-refractivity contribution in [3.05, 3.63) is 53.6 Å². The third-order valence-corrected chi connectivity index (χ3v) is 4.89. The van der Waals surface area contributed by atoms with Gasteiger partial charge in [0, 0.05) is 54.6 Å². The van der Waals surface area contributed by atoms with E-state index in [2.05, 4.69) is 16.0 Å². The standard InChI is InChI=1S/C20H20N4O4.C2HF3O2/c25-18-6-8-24(20(27)23-18)16-3-1-2-13(10-16)19(26)22-15-5-4-14-12-21-7-9-28-17(14)11-15;3-2(4,5)1(6)7/h1-5,10-11,21H,6-9,12H2,(H,22,26)(H,23,25,27);(H,6,7). The number of benzene rings is 2. The van der Waals surface area contributed by atoms with E-state index < -0.39 is 18.2 Å². The summed E-state index contributed by atoms with van der Waals surface area (Å²) in [6.07, 6.45) is -4.86. The lowest BCUT2D eigenvalue weighted by Gasteiger charge is -2.26. The van der Waals surface area contributed by atoms with Gasteiger partial charge in [0.05, 0.1) is 0 Å². The predicted molar refractivity (Wildman–Crippen MR) is 117 cm³/mol. The van der Waals surface area contributed by atoms with Gasteiger partial charge in [-0.3, -0.25) is 19.8 Å². The summed E-state index contributed by atoms with van der Waals surface area (Å²) < 4.78 is 37.4. The van der Waals surface area contributed by atoms with E-state index in [9.17, 15) is 27.6 Å². The fourth-order valence-corrected chi connectivity index (χ4v) is 3.20. The second kappa shape index (κ2) is 10.9. The Hall–Kier alpha value is -4.13. The zero-order valence-electron chi connectivity index (χ0n) is 18.1. The smallest absolute Gasteiger partial charge is 0.490 e. The van der Waals surface area contributed by atoms with Gasteiger partial charge in [0.2, 0.25) is 5.91 Å². The molecule has 4 amide bonds. The molecule has 13 heteroatoms. The summed E-state index contributed by atoms with van der Waals surface area (Å²) in [6.45, 7) is 2.36. The van der Waals surface area contributed by atoms with Crippen molar-refractivity contribution in [3.63, 3.8) is 0 Å². The Labute approximate surface area is 197 Å². The second-order valence-electron chi connectivity index (χ2n) is 7.41. The summed E-state index contributed by atoms with van der Waals surface area (Å²) in [5, 5.41) is 15.5. The van der Waals surface area contributed by atoms with Gasteiger partial charge in [-0.2, -0.15) is 13.2 Å². The number of rotatable bonds is 3. The highest BCUT2D eigenvalue weighted by molar-refractivity contribution is 6.08. The molecule has 0 bridgehead atoms. The summed E-state index contributed by atoms with van der Waals surface area (Å²) in [7, 11) is 0. The molecule has 2 aliphatic heterocycles. The van der Waals surface area contributed by atoms with E-state index in [1.165, 1.54) is 4.90 Å². The molecule has 0 radical (unpaired) electrons. The number of halogens is 3. The number of nitrogens with zero attached hydrogens (tertiary/aromatic N) is 1. The van der Waals surface area contributed by atoms with Crippen LogP contribution in [0.3, 0.4) is 0 Å². The maximum Gasteiger partial charge on any atom is 0.490 e. The van der Waals surface area contributed by atoms with Crippen molar-refractivity contribution in [2.75, 3.05) is 29.9 Å². The van der Waals surface area contributed by atoms with Gasteiger partial charge in [-0.05, 0) is 24.3 Å². The summed E-state index contributed by atoms with van der Waals surface area (Å²) in [6, 6.07) is 11.8. The molecule has 4 rings (SSSR count). The van der Waals surface area contributed by atoms with Gasteiger partial charge in [0.25, 0.3) is 5.91 Å². The number of alkyl halides is 3. The first-order chi connectivity index (χ1) is 16.5.